The van der Waals surface area contributed by atoms with Crippen LogP contribution in [0.4, 0.5) is 0 Å². The third-order valence-corrected chi connectivity index (χ3v) is 7.98. The van der Waals surface area contributed by atoms with Crippen molar-refractivity contribution in [1.29, 1.82) is 0 Å². The second-order valence-electron chi connectivity index (χ2n) is 7.18. The third kappa shape index (κ3) is 6.13. The fourth-order valence-corrected chi connectivity index (χ4v) is 4.74. The Morgan fingerprint density at radius 3 is 1.97 bits per heavy atom. The molecule has 12 heteroatoms. The molecule has 174 valence electrons. The van der Waals surface area contributed by atoms with Crippen molar-refractivity contribution < 1.29 is 26.4 Å². The SMILES string of the molecule is CCC(C)NS(=O)(=O)c1ccc(C(=O)NNC(=O)c2cccc(S(=O)(=O)N(C)C)c2)cc1. The summed E-state index contributed by atoms with van der Waals surface area (Å²) in [5.74, 6) is -1.39. The molecule has 0 heterocycles. The minimum atomic E-state index is -3.72. The largest absolute Gasteiger partial charge is 0.269 e. The van der Waals surface area contributed by atoms with Gasteiger partial charge in [0.15, 0.2) is 0 Å². The summed E-state index contributed by atoms with van der Waals surface area (Å²) in [6.07, 6.45) is 0.628. The van der Waals surface area contributed by atoms with E-state index in [2.05, 4.69) is 15.6 Å². The zero-order valence-corrected chi connectivity index (χ0v) is 19.7. The summed E-state index contributed by atoms with van der Waals surface area (Å²) < 4.78 is 52.5. The minimum Gasteiger partial charge on any atom is -0.267 e. The number of hydrazine groups is 1. The van der Waals surface area contributed by atoms with Gasteiger partial charge in [0, 0.05) is 31.3 Å². The highest BCUT2D eigenvalue weighted by molar-refractivity contribution is 7.89. The lowest BCUT2D eigenvalue weighted by Gasteiger charge is -2.13. The van der Waals surface area contributed by atoms with Gasteiger partial charge in [0.2, 0.25) is 20.0 Å². The first-order valence-electron chi connectivity index (χ1n) is 9.64. The Kier molecular flexibility index (Phi) is 8.13. The molecule has 3 N–H and O–H groups in total. The smallest absolute Gasteiger partial charge is 0.267 e. The van der Waals surface area contributed by atoms with Crippen molar-refractivity contribution in [2.45, 2.75) is 36.1 Å². The number of nitrogens with one attached hydrogen (secondary N) is 3. The fraction of sp³-hybridized carbons (Fsp3) is 0.300. The second-order valence-corrected chi connectivity index (χ2v) is 11.0. The fourth-order valence-electron chi connectivity index (χ4n) is 2.47. The molecule has 0 saturated carbocycles. The molecule has 0 aliphatic rings. The molecule has 2 aromatic carbocycles. The van der Waals surface area contributed by atoms with E-state index in [0.717, 1.165) is 4.31 Å². The predicted octanol–water partition coefficient (Wildman–Crippen LogP) is 1.09. The van der Waals surface area contributed by atoms with Gasteiger partial charge in [0.25, 0.3) is 11.8 Å². The molecule has 2 aromatic rings. The molecule has 0 aliphatic carbocycles. The number of rotatable bonds is 8. The van der Waals surface area contributed by atoms with Crippen LogP contribution in [0.15, 0.2) is 58.3 Å². The molecule has 0 radical (unpaired) electrons. The maximum absolute atomic E-state index is 12.3. The summed E-state index contributed by atoms with van der Waals surface area (Å²) in [6.45, 7) is 3.60. The lowest BCUT2D eigenvalue weighted by molar-refractivity contribution is 0.0846. The zero-order chi connectivity index (χ0) is 24.1. The Morgan fingerprint density at radius 2 is 1.44 bits per heavy atom. The van der Waals surface area contributed by atoms with Crippen molar-refractivity contribution in [2.24, 2.45) is 0 Å². The van der Waals surface area contributed by atoms with Crippen molar-refractivity contribution in [1.82, 2.24) is 19.9 Å². The third-order valence-electron chi connectivity index (χ3n) is 4.56. The minimum absolute atomic E-state index is 0.0114. The van der Waals surface area contributed by atoms with E-state index < -0.39 is 31.9 Å². The maximum atomic E-state index is 12.3. The van der Waals surface area contributed by atoms with Crippen molar-refractivity contribution in [3.8, 4) is 0 Å². The van der Waals surface area contributed by atoms with Crippen LogP contribution in [-0.4, -0.2) is 53.1 Å². The maximum Gasteiger partial charge on any atom is 0.269 e. The molecule has 2 amide bonds. The van der Waals surface area contributed by atoms with Gasteiger partial charge < -0.3 is 0 Å². The van der Waals surface area contributed by atoms with Crippen LogP contribution in [0.3, 0.4) is 0 Å². The highest BCUT2D eigenvalue weighted by atomic mass is 32.2. The predicted molar refractivity (Wildman–Crippen MR) is 119 cm³/mol. The molecule has 2 rings (SSSR count). The molecule has 1 unspecified atom stereocenters. The average Bonchev–Trinajstić information content (AvgIpc) is 2.76. The van der Waals surface area contributed by atoms with Gasteiger partial charge in [0.1, 0.15) is 0 Å². The molecule has 0 saturated heterocycles. The molecular weight excluding hydrogens is 456 g/mol. The quantitative estimate of drug-likeness (QED) is 0.481. The summed E-state index contributed by atoms with van der Waals surface area (Å²) >= 11 is 0. The van der Waals surface area contributed by atoms with E-state index in [0.29, 0.717) is 6.42 Å². The normalized spacial score (nSPS) is 12.9. The standard InChI is InChI=1S/C20H26N4O6S2/c1-5-14(2)23-31(27,28)17-11-9-15(10-12-17)19(25)21-22-20(26)16-7-6-8-18(13-16)32(29,30)24(3)4/h6-14,23H,5H2,1-4H3,(H,21,25)(H,22,26). The van der Waals surface area contributed by atoms with Crippen LogP contribution in [0.5, 0.6) is 0 Å². The van der Waals surface area contributed by atoms with E-state index in [1.165, 1.54) is 62.6 Å². The first-order valence-corrected chi connectivity index (χ1v) is 12.6. The molecular formula is C20H26N4O6S2. The monoisotopic (exact) mass is 482 g/mol. The molecule has 0 bridgehead atoms. The molecule has 0 aromatic heterocycles. The first-order chi connectivity index (χ1) is 14.9. The lowest BCUT2D eigenvalue weighted by atomic mass is 10.2. The van der Waals surface area contributed by atoms with Crippen LogP contribution < -0.4 is 15.6 Å². The average molecular weight is 483 g/mol. The van der Waals surface area contributed by atoms with Gasteiger partial charge >= 0.3 is 0 Å². The molecule has 32 heavy (non-hydrogen) atoms. The first kappa shape index (κ1) is 25.5. The van der Waals surface area contributed by atoms with Crippen LogP contribution in [-0.2, 0) is 20.0 Å². The summed E-state index contributed by atoms with van der Waals surface area (Å²) in [7, 11) is -4.67. The summed E-state index contributed by atoms with van der Waals surface area (Å²) in [5, 5.41) is 0. The summed E-state index contributed by atoms with van der Waals surface area (Å²) in [4.78, 5) is 24.6. The molecule has 0 fully saturated rings. The van der Waals surface area contributed by atoms with Gasteiger partial charge in [0.05, 0.1) is 9.79 Å². The van der Waals surface area contributed by atoms with E-state index >= 15 is 0 Å². The Bertz CT molecular complexity index is 1190. The Labute approximate surface area is 188 Å². The van der Waals surface area contributed by atoms with Crippen LogP contribution in [0.25, 0.3) is 0 Å². The lowest BCUT2D eigenvalue weighted by Crippen LogP contribution is -2.41. The van der Waals surface area contributed by atoms with Gasteiger partial charge in [-0.05, 0) is 55.8 Å². The van der Waals surface area contributed by atoms with E-state index in [-0.39, 0.29) is 27.0 Å². The van der Waals surface area contributed by atoms with Crippen molar-refractivity contribution in [3.05, 3.63) is 59.7 Å². The molecule has 0 spiro atoms. The van der Waals surface area contributed by atoms with Gasteiger partial charge in [-0.2, -0.15) is 0 Å². The number of amides is 2. The number of hydrogen-bond donors (Lipinski definition) is 3. The van der Waals surface area contributed by atoms with Crippen molar-refractivity contribution in [3.63, 3.8) is 0 Å². The highest BCUT2D eigenvalue weighted by Crippen LogP contribution is 2.15. The van der Waals surface area contributed by atoms with Gasteiger partial charge in [-0.3, -0.25) is 20.4 Å². The number of carbonyl (C=O) groups excluding carboxylic acids is 2. The number of nitrogens with zero attached hydrogens (tertiary/aromatic N) is 1. The molecule has 10 nitrogen and oxygen atoms in total. The van der Waals surface area contributed by atoms with E-state index in [1.807, 2.05) is 6.92 Å². The molecule has 0 aliphatic heterocycles. The molecule has 1 atom stereocenters. The van der Waals surface area contributed by atoms with Crippen LogP contribution in [0, 0.1) is 0 Å². The van der Waals surface area contributed by atoms with Gasteiger partial charge in [-0.1, -0.05) is 13.0 Å². The van der Waals surface area contributed by atoms with Crippen LogP contribution in [0.2, 0.25) is 0 Å². The van der Waals surface area contributed by atoms with Crippen molar-refractivity contribution in [2.75, 3.05) is 14.1 Å². The van der Waals surface area contributed by atoms with Crippen molar-refractivity contribution >= 4 is 31.9 Å². The van der Waals surface area contributed by atoms with E-state index in [9.17, 15) is 26.4 Å². The van der Waals surface area contributed by atoms with Gasteiger partial charge in [-0.15, -0.1) is 0 Å². The number of carbonyl (C=O) groups is 2. The topological polar surface area (TPSA) is 142 Å². The van der Waals surface area contributed by atoms with Gasteiger partial charge in [-0.25, -0.2) is 25.9 Å². The Hall–Kier alpha value is -2.80. The zero-order valence-electron chi connectivity index (χ0n) is 18.1. The summed E-state index contributed by atoms with van der Waals surface area (Å²) in [5.41, 5.74) is 4.58. The second kappa shape index (κ2) is 10.2. The number of benzene rings is 2. The number of hydrogen-bond acceptors (Lipinski definition) is 6. The Morgan fingerprint density at radius 1 is 0.875 bits per heavy atom. The van der Waals surface area contributed by atoms with E-state index in [1.54, 1.807) is 6.92 Å². The van der Waals surface area contributed by atoms with Crippen LogP contribution in [0.1, 0.15) is 41.0 Å². The highest BCUT2D eigenvalue weighted by Gasteiger charge is 2.20. The van der Waals surface area contributed by atoms with E-state index in [4.69, 9.17) is 0 Å². The van der Waals surface area contributed by atoms with Crippen LogP contribution >= 0.6 is 0 Å². The number of sulfonamides is 2. The Balaban J connectivity index is 2.06. The summed E-state index contributed by atoms with van der Waals surface area (Å²) in [6, 6.07) is 10.4.